The largest absolute Gasteiger partial charge is 0.351 e. The fourth-order valence-corrected chi connectivity index (χ4v) is 2.64. The van der Waals surface area contributed by atoms with Crippen LogP contribution in [0.5, 0.6) is 0 Å². The molecule has 0 atom stereocenters. The normalized spacial score (nSPS) is 13.3. The third kappa shape index (κ3) is 5.70. The lowest BCUT2D eigenvalue weighted by Crippen LogP contribution is -2.34. The number of carbonyl (C=O) groups is 2. The summed E-state index contributed by atoms with van der Waals surface area (Å²) in [4.78, 5) is 24.1. The van der Waals surface area contributed by atoms with Crippen LogP contribution in [0.2, 0.25) is 0 Å². The van der Waals surface area contributed by atoms with Crippen molar-refractivity contribution in [2.24, 2.45) is 5.92 Å². The van der Waals surface area contributed by atoms with Gasteiger partial charge in [0.1, 0.15) is 0 Å². The Morgan fingerprint density at radius 1 is 1.08 bits per heavy atom. The van der Waals surface area contributed by atoms with Gasteiger partial charge in [0, 0.05) is 17.8 Å². The van der Waals surface area contributed by atoms with Crippen molar-refractivity contribution >= 4 is 17.5 Å². The van der Waals surface area contributed by atoms with Crippen molar-refractivity contribution in [2.45, 2.75) is 26.3 Å². The average Bonchev–Trinajstić information content (AvgIpc) is 3.45. The van der Waals surface area contributed by atoms with Crippen LogP contribution in [-0.2, 0) is 11.3 Å². The van der Waals surface area contributed by atoms with E-state index in [-0.39, 0.29) is 11.8 Å². The third-order valence-electron chi connectivity index (χ3n) is 4.40. The van der Waals surface area contributed by atoms with Crippen LogP contribution in [0.4, 0.5) is 5.69 Å². The molecule has 0 aliphatic heterocycles. The summed E-state index contributed by atoms with van der Waals surface area (Å²) in [5, 5.41) is 8.97. The molecule has 2 amide bonds. The first-order chi connectivity index (χ1) is 12.6. The molecule has 0 saturated heterocycles. The standard InChI is InChI=1S/C21H25N3O2/c1-15-5-9-18(10-6-15)21(26)24-19-4-2-3-17(11-19)13-23-20(25)14-22-12-16-7-8-16/h2-6,9-11,16,22H,7-8,12-14H2,1H3,(H,23,25)(H,24,26). The van der Waals surface area contributed by atoms with Crippen molar-refractivity contribution in [1.29, 1.82) is 0 Å². The maximum Gasteiger partial charge on any atom is 0.255 e. The first kappa shape index (κ1) is 18.1. The smallest absolute Gasteiger partial charge is 0.255 e. The summed E-state index contributed by atoms with van der Waals surface area (Å²) < 4.78 is 0. The van der Waals surface area contributed by atoms with E-state index in [1.165, 1.54) is 12.8 Å². The highest BCUT2D eigenvalue weighted by Crippen LogP contribution is 2.27. The Balaban J connectivity index is 1.48. The predicted octanol–water partition coefficient (Wildman–Crippen LogP) is 2.86. The molecule has 136 valence electrons. The minimum Gasteiger partial charge on any atom is -0.351 e. The number of amides is 2. The van der Waals surface area contributed by atoms with Gasteiger partial charge in [-0.25, -0.2) is 0 Å². The number of anilines is 1. The van der Waals surface area contributed by atoms with Crippen molar-refractivity contribution in [3.63, 3.8) is 0 Å². The zero-order valence-corrected chi connectivity index (χ0v) is 15.0. The maximum atomic E-state index is 12.3. The van der Waals surface area contributed by atoms with Crippen molar-refractivity contribution in [1.82, 2.24) is 10.6 Å². The van der Waals surface area contributed by atoms with E-state index in [1.807, 2.05) is 55.5 Å². The van der Waals surface area contributed by atoms with E-state index in [0.717, 1.165) is 23.6 Å². The van der Waals surface area contributed by atoms with Crippen LogP contribution in [0.25, 0.3) is 0 Å². The Bertz CT molecular complexity index is 767. The molecule has 5 heteroatoms. The summed E-state index contributed by atoms with van der Waals surface area (Å²) >= 11 is 0. The second kappa shape index (κ2) is 8.63. The van der Waals surface area contributed by atoms with Gasteiger partial charge in [0.15, 0.2) is 0 Å². The molecule has 2 aromatic carbocycles. The molecule has 0 spiro atoms. The van der Waals surface area contributed by atoms with E-state index in [1.54, 1.807) is 0 Å². The fourth-order valence-electron chi connectivity index (χ4n) is 2.64. The summed E-state index contributed by atoms with van der Waals surface area (Å²) in [5.74, 6) is 0.604. The molecule has 1 fully saturated rings. The topological polar surface area (TPSA) is 70.2 Å². The molecule has 5 nitrogen and oxygen atoms in total. The molecule has 3 N–H and O–H groups in total. The predicted molar refractivity (Wildman–Crippen MR) is 103 cm³/mol. The highest BCUT2D eigenvalue weighted by atomic mass is 16.2. The molecular weight excluding hydrogens is 326 g/mol. The van der Waals surface area contributed by atoms with Gasteiger partial charge in [-0.1, -0.05) is 29.8 Å². The molecule has 1 aliphatic carbocycles. The van der Waals surface area contributed by atoms with Crippen LogP contribution in [0, 0.1) is 12.8 Å². The zero-order chi connectivity index (χ0) is 18.4. The minimum absolute atomic E-state index is 0.0141. The second-order valence-corrected chi connectivity index (χ2v) is 6.87. The molecule has 0 heterocycles. The van der Waals surface area contributed by atoms with E-state index in [2.05, 4.69) is 16.0 Å². The van der Waals surface area contributed by atoms with Crippen molar-refractivity contribution < 1.29 is 9.59 Å². The molecular formula is C21H25N3O2. The number of aryl methyl sites for hydroxylation is 1. The average molecular weight is 351 g/mol. The molecule has 1 aliphatic rings. The van der Waals surface area contributed by atoms with Gasteiger partial charge in [-0.3, -0.25) is 9.59 Å². The van der Waals surface area contributed by atoms with Gasteiger partial charge < -0.3 is 16.0 Å². The van der Waals surface area contributed by atoms with Gasteiger partial charge in [-0.15, -0.1) is 0 Å². The van der Waals surface area contributed by atoms with E-state index < -0.39 is 0 Å². The van der Waals surface area contributed by atoms with Gasteiger partial charge in [-0.05, 0) is 62.1 Å². The van der Waals surface area contributed by atoms with Crippen LogP contribution in [0.3, 0.4) is 0 Å². The molecule has 1 saturated carbocycles. The summed E-state index contributed by atoms with van der Waals surface area (Å²) in [7, 11) is 0. The number of nitrogens with one attached hydrogen (secondary N) is 3. The first-order valence-corrected chi connectivity index (χ1v) is 9.04. The number of rotatable bonds is 8. The highest BCUT2D eigenvalue weighted by molar-refractivity contribution is 6.04. The van der Waals surface area contributed by atoms with Gasteiger partial charge >= 0.3 is 0 Å². The summed E-state index contributed by atoms with van der Waals surface area (Å²) in [6.07, 6.45) is 2.55. The van der Waals surface area contributed by atoms with Gasteiger partial charge in [0.05, 0.1) is 6.54 Å². The third-order valence-corrected chi connectivity index (χ3v) is 4.40. The van der Waals surface area contributed by atoms with Crippen LogP contribution < -0.4 is 16.0 Å². The van der Waals surface area contributed by atoms with E-state index in [9.17, 15) is 9.59 Å². The van der Waals surface area contributed by atoms with Gasteiger partial charge in [0.25, 0.3) is 5.91 Å². The van der Waals surface area contributed by atoms with Gasteiger partial charge in [0.2, 0.25) is 5.91 Å². The quantitative estimate of drug-likeness (QED) is 0.685. The summed E-state index contributed by atoms with van der Waals surface area (Å²) in [6.45, 7) is 3.70. The molecule has 0 unspecified atom stereocenters. The molecule has 0 bridgehead atoms. The fraction of sp³-hybridized carbons (Fsp3) is 0.333. The number of benzene rings is 2. The van der Waals surface area contributed by atoms with E-state index >= 15 is 0 Å². The Kier molecular flexibility index (Phi) is 6.02. The lowest BCUT2D eigenvalue weighted by Gasteiger charge is -2.09. The lowest BCUT2D eigenvalue weighted by molar-refractivity contribution is -0.120. The lowest BCUT2D eigenvalue weighted by atomic mass is 10.1. The Labute approximate surface area is 154 Å². The summed E-state index contributed by atoms with van der Waals surface area (Å²) in [5.41, 5.74) is 3.40. The van der Waals surface area contributed by atoms with Crippen LogP contribution in [-0.4, -0.2) is 24.9 Å². The minimum atomic E-state index is -0.143. The number of hydrogen-bond donors (Lipinski definition) is 3. The Hall–Kier alpha value is -2.66. The molecule has 0 radical (unpaired) electrons. The first-order valence-electron chi connectivity index (χ1n) is 9.04. The maximum absolute atomic E-state index is 12.3. The van der Waals surface area contributed by atoms with Crippen LogP contribution >= 0.6 is 0 Å². The summed E-state index contributed by atoms with van der Waals surface area (Å²) in [6, 6.07) is 15.0. The van der Waals surface area contributed by atoms with Gasteiger partial charge in [-0.2, -0.15) is 0 Å². The Morgan fingerprint density at radius 3 is 2.58 bits per heavy atom. The molecule has 0 aromatic heterocycles. The van der Waals surface area contributed by atoms with E-state index in [4.69, 9.17) is 0 Å². The highest BCUT2D eigenvalue weighted by Gasteiger charge is 2.20. The molecule has 2 aromatic rings. The second-order valence-electron chi connectivity index (χ2n) is 6.87. The Morgan fingerprint density at radius 2 is 1.85 bits per heavy atom. The van der Waals surface area contributed by atoms with Crippen LogP contribution in [0.15, 0.2) is 48.5 Å². The van der Waals surface area contributed by atoms with Crippen molar-refractivity contribution in [2.75, 3.05) is 18.4 Å². The van der Waals surface area contributed by atoms with Crippen molar-refractivity contribution in [3.05, 3.63) is 65.2 Å². The number of carbonyl (C=O) groups excluding carboxylic acids is 2. The molecule has 3 rings (SSSR count). The van der Waals surface area contributed by atoms with Crippen molar-refractivity contribution in [3.8, 4) is 0 Å². The number of hydrogen-bond acceptors (Lipinski definition) is 3. The van der Waals surface area contributed by atoms with Crippen LogP contribution in [0.1, 0.15) is 34.3 Å². The van der Waals surface area contributed by atoms with E-state index in [0.29, 0.717) is 24.3 Å². The molecule has 26 heavy (non-hydrogen) atoms. The monoisotopic (exact) mass is 351 g/mol. The zero-order valence-electron chi connectivity index (χ0n) is 15.0. The SMILES string of the molecule is Cc1ccc(C(=O)Nc2cccc(CNC(=O)CNCC3CC3)c2)cc1.